The van der Waals surface area contributed by atoms with Gasteiger partial charge in [-0.3, -0.25) is 9.79 Å². The smallest absolute Gasteiger partial charge is 0.289 e. The van der Waals surface area contributed by atoms with Gasteiger partial charge in [-0.25, -0.2) is 9.97 Å². The van der Waals surface area contributed by atoms with Gasteiger partial charge in [0.1, 0.15) is 5.82 Å². The van der Waals surface area contributed by atoms with E-state index in [0.29, 0.717) is 6.04 Å². The number of aryl methyl sites for hydroxylation is 1. The van der Waals surface area contributed by atoms with E-state index >= 15 is 0 Å². The first-order chi connectivity index (χ1) is 14.8. The number of amides is 1. The number of nitrogens with zero attached hydrogens (tertiary/aromatic N) is 3. The molecule has 7 nitrogen and oxygen atoms in total. The minimum atomic E-state index is -0.351. The Hall–Kier alpha value is -2.12. The minimum absolute atomic E-state index is 0. The van der Waals surface area contributed by atoms with Gasteiger partial charge in [0, 0.05) is 36.0 Å². The number of anilines is 1. The molecule has 0 bridgehead atoms. The van der Waals surface area contributed by atoms with Gasteiger partial charge >= 0.3 is 0 Å². The second-order valence-corrected chi connectivity index (χ2v) is 9.84. The second kappa shape index (κ2) is 11.3. The van der Waals surface area contributed by atoms with E-state index in [9.17, 15) is 4.79 Å². The molecular formula is C24H36Cl2N6O. The Morgan fingerprint density at radius 3 is 2.33 bits per heavy atom. The van der Waals surface area contributed by atoms with Crippen molar-refractivity contribution in [1.82, 2.24) is 20.6 Å². The van der Waals surface area contributed by atoms with E-state index in [0.717, 1.165) is 60.3 Å². The van der Waals surface area contributed by atoms with Gasteiger partial charge in [-0.05, 0) is 59.1 Å². The molecule has 1 fully saturated rings. The number of rotatable bonds is 4. The van der Waals surface area contributed by atoms with Crippen molar-refractivity contribution in [3.8, 4) is 0 Å². The van der Waals surface area contributed by atoms with Crippen LogP contribution >= 0.6 is 24.8 Å². The molecule has 4 rings (SSSR count). The summed E-state index contributed by atoms with van der Waals surface area (Å²) in [5.74, 6) is 1.82. The van der Waals surface area contributed by atoms with Crippen molar-refractivity contribution in [3.05, 3.63) is 29.6 Å². The fraction of sp³-hybridized carbons (Fsp3) is 0.583. The van der Waals surface area contributed by atoms with E-state index in [1.165, 1.54) is 12.8 Å². The molecule has 0 unspecified atom stereocenters. The first-order valence-electron chi connectivity index (χ1n) is 11.5. The Kier molecular flexibility index (Phi) is 9.32. The first kappa shape index (κ1) is 27.1. The fourth-order valence-corrected chi connectivity index (χ4v) is 4.37. The number of benzene rings is 1. The van der Waals surface area contributed by atoms with E-state index in [-0.39, 0.29) is 48.1 Å². The number of hydrogen-bond acceptors (Lipinski definition) is 6. The lowest BCUT2D eigenvalue weighted by molar-refractivity contribution is 0.0909. The van der Waals surface area contributed by atoms with Crippen LogP contribution in [0.3, 0.4) is 0 Å². The van der Waals surface area contributed by atoms with Gasteiger partial charge in [-0.2, -0.15) is 0 Å². The predicted octanol–water partition coefficient (Wildman–Crippen LogP) is 4.82. The lowest BCUT2D eigenvalue weighted by atomic mass is 9.90. The molecular weight excluding hydrogens is 459 g/mol. The summed E-state index contributed by atoms with van der Waals surface area (Å²) >= 11 is 0. The summed E-state index contributed by atoms with van der Waals surface area (Å²) < 4.78 is 0. The van der Waals surface area contributed by atoms with Crippen LogP contribution in [0, 0.1) is 6.92 Å². The van der Waals surface area contributed by atoms with Gasteiger partial charge in [0.2, 0.25) is 5.82 Å². The maximum absolute atomic E-state index is 12.8. The average Bonchev–Trinajstić information content (AvgIpc) is 3.21. The topological polar surface area (TPSA) is 91.3 Å². The fourth-order valence-electron chi connectivity index (χ4n) is 4.37. The van der Waals surface area contributed by atoms with Crippen LogP contribution < -0.4 is 16.0 Å². The lowest BCUT2D eigenvalue weighted by Crippen LogP contribution is -2.48. The highest BCUT2D eigenvalue weighted by Crippen LogP contribution is 2.27. The van der Waals surface area contributed by atoms with E-state index in [1.54, 1.807) is 0 Å². The zero-order valence-electron chi connectivity index (χ0n) is 19.9. The van der Waals surface area contributed by atoms with E-state index < -0.39 is 0 Å². The monoisotopic (exact) mass is 494 g/mol. The van der Waals surface area contributed by atoms with Crippen molar-refractivity contribution in [2.75, 3.05) is 11.9 Å². The van der Waals surface area contributed by atoms with E-state index in [1.807, 2.05) is 32.9 Å². The second-order valence-electron chi connectivity index (χ2n) is 9.84. The number of aromatic nitrogens is 2. The van der Waals surface area contributed by atoms with Gasteiger partial charge in [0.15, 0.2) is 0 Å². The molecule has 1 aromatic heterocycles. The van der Waals surface area contributed by atoms with Crippen molar-refractivity contribution in [1.29, 1.82) is 0 Å². The van der Waals surface area contributed by atoms with Crippen LogP contribution in [0.4, 0.5) is 5.82 Å². The molecule has 2 aromatic rings. The van der Waals surface area contributed by atoms with Crippen molar-refractivity contribution < 1.29 is 4.79 Å². The molecule has 1 amide bonds. The maximum Gasteiger partial charge on any atom is 0.289 e. The summed E-state index contributed by atoms with van der Waals surface area (Å²) in [6.07, 6.45) is 6.74. The maximum atomic E-state index is 12.8. The highest BCUT2D eigenvalue weighted by Gasteiger charge is 2.28. The summed E-state index contributed by atoms with van der Waals surface area (Å²) in [5.41, 5.74) is 1.57. The molecule has 9 heteroatoms. The summed E-state index contributed by atoms with van der Waals surface area (Å²) in [6.45, 7) is 8.86. The summed E-state index contributed by atoms with van der Waals surface area (Å²) in [7, 11) is 0. The Morgan fingerprint density at radius 1 is 1.00 bits per heavy atom. The van der Waals surface area contributed by atoms with E-state index in [4.69, 9.17) is 4.98 Å². The van der Waals surface area contributed by atoms with Crippen LogP contribution in [0.5, 0.6) is 0 Å². The zero-order chi connectivity index (χ0) is 22.0. The molecule has 182 valence electrons. The third-order valence-corrected chi connectivity index (χ3v) is 5.86. The molecule has 3 N–H and O–H groups in total. The van der Waals surface area contributed by atoms with Crippen LogP contribution in [-0.4, -0.2) is 45.9 Å². The number of halogens is 2. The van der Waals surface area contributed by atoms with Crippen LogP contribution in [-0.2, 0) is 0 Å². The predicted molar refractivity (Wildman–Crippen MR) is 140 cm³/mol. The SMILES string of the molecule is Cc1ccc2nc(C(=O)NC(C)(C)C)nc(N[C@H]3CCCC[C@H]3NC3=NCCC3)c2c1.Cl.Cl. The van der Waals surface area contributed by atoms with Crippen LogP contribution in [0.15, 0.2) is 23.2 Å². The summed E-state index contributed by atoms with van der Waals surface area (Å²) in [6, 6.07) is 6.62. The number of fused-ring (bicyclic) bond motifs is 1. The molecule has 33 heavy (non-hydrogen) atoms. The van der Waals surface area contributed by atoms with Gasteiger partial charge < -0.3 is 16.0 Å². The molecule has 0 radical (unpaired) electrons. The van der Waals surface area contributed by atoms with Gasteiger partial charge in [0.25, 0.3) is 5.91 Å². The molecule has 1 aromatic carbocycles. The number of nitrogens with one attached hydrogen (secondary N) is 3. The van der Waals surface area contributed by atoms with E-state index in [2.05, 4.69) is 38.9 Å². The van der Waals surface area contributed by atoms with Crippen molar-refractivity contribution in [2.45, 2.75) is 83.8 Å². The van der Waals surface area contributed by atoms with Crippen LogP contribution in [0.25, 0.3) is 10.9 Å². The standard InChI is InChI=1S/C24H34N6O.2ClH/c1-15-11-12-17-16(14-15)21(29-22(27-17)23(31)30-24(2,3)4)28-19-9-6-5-8-18(19)26-20-10-7-13-25-20;;/h11-12,14,18-19H,5-10,13H2,1-4H3,(H,25,26)(H,30,31)(H,27,28,29);2*1H/t18-,19+;;/m1../s1. The zero-order valence-corrected chi connectivity index (χ0v) is 21.5. The van der Waals surface area contributed by atoms with Crippen LogP contribution in [0.1, 0.15) is 75.5 Å². The Balaban J connectivity index is 0.00000193. The summed E-state index contributed by atoms with van der Waals surface area (Å²) in [4.78, 5) is 26.7. The van der Waals surface area contributed by atoms with Crippen LogP contribution in [0.2, 0.25) is 0 Å². The minimum Gasteiger partial charge on any atom is -0.369 e. The quantitative estimate of drug-likeness (QED) is 0.566. The van der Waals surface area contributed by atoms with Gasteiger partial charge in [-0.1, -0.05) is 24.5 Å². The molecule has 1 aliphatic carbocycles. The van der Waals surface area contributed by atoms with Gasteiger partial charge in [-0.15, -0.1) is 24.8 Å². The highest BCUT2D eigenvalue weighted by molar-refractivity contribution is 5.97. The van der Waals surface area contributed by atoms with Crippen molar-refractivity contribution in [3.63, 3.8) is 0 Å². The molecule has 1 aliphatic heterocycles. The molecule has 1 saturated carbocycles. The largest absolute Gasteiger partial charge is 0.369 e. The number of carbonyl (C=O) groups excluding carboxylic acids is 1. The Labute approximate surface area is 208 Å². The average molecular weight is 495 g/mol. The lowest BCUT2D eigenvalue weighted by Gasteiger charge is -2.34. The normalized spacial score (nSPS) is 20.3. The first-order valence-corrected chi connectivity index (χ1v) is 11.5. The van der Waals surface area contributed by atoms with Crippen molar-refractivity contribution >= 4 is 53.3 Å². The third kappa shape index (κ3) is 6.93. The molecule has 2 atom stereocenters. The Bertz CT molecular complexity index is 1000. The number of hydrogen-bond donors (Lipinski definition) is 3. The molecule has 2 aliphatic rings. The highest BCUT2D eigenvalue weighted by atomic mass is 35.5. The summed E-state index contributed by atoms with van der Waals surface area (Å²) in [5, 5.41) is 11.3. The number of aliphatic imine (C=N–C) groups is 1. The number of carbonyl (C=O) groups is 1. The molecule has 2 heterocycles. The third-order valence-electron chi connectivity index (χ3n) is 5.86. The van der Waals surface area contributed by atoms with Crippen molar-refractivity contribution in [2.24, 2.45) is 4.99 Å². The Morgan fingerprint density at radius 2 is 1.70 bits per heavy atom. The van der Waals surface area contributed by atoms with Gasteiger partial charge in [0.05, 0.1) is 11.4 Å². The molecule has 0 saturated heterocycles. The number of amidine groups is 1. The molecule has 0 spiro atoms.